The van der Waals surface area contributed by atoms with E-state index in [0.717, 1.165) is 18.4 Å². The number of halogens is 1. The van der Waals surface area contributed by atoms with Crippen LogP contribution in [0.5, 0.6) is 0 Å². The number of aromatic nitrogens is 4. The van der Waals surface area contributed by atoms with E-state index < -0.39 is 0 Å². The number of nitrogens with zero attached hydrogens (tertiary/aromatic N) is 4. The Hall–Kier alpha value is -2.51. The minimum absolute atomic E-state index is 0.0755. The van der Waals surface area contributed by atoms with Gasteiger partial charge in [-0.3, -0.25) is 4.79 Å². The molecule has 140 valence electrons. The van der Waals surface area contributed by atoms with Gasteiger partial charge in [-0.15, -0.1) is 5.10 Å². The first-order chi connectivity index (χ1) is 13.1. The number of carbonyl (C=O) groups is 1. The summed E-state index contributed by atoms with van der Waals surface area (Å²) in [6, 6.07) is 11.1. The largest absolute Gasteiger partial charge is 0.381 e. The lowest BCUT2D eigenvalue weighted by atomic mass is 9.86. The molecule has 1 fully saturated rings. The molecule has 27 heavy (non-hydrogen) atoms. The molecule has 0 spiro atoms. The van der Waals surface area contributed by atoms with E-state index in [2.05, 4.69) is 20.4 Å². The van der Waals surface area contributed by atoms with E-state index in [1.54, 1.807) is 17.0 Å². The van der Waals surface area contributed by atoms with Gasteiger partial charge in [-0.1, -0.05) is 23.7 Å². The molecular weight excluding hydrogens is 366 g/mol. The van der Waals surface area contributed by atoms with Crippen LogP contribution in [-0.2, 0) is 4.74 Å². The Bertz CT molecular complexity index is 937. The average Bonchev–Trinajstić information content (AvgIpc) is 3.17. The zero-order valence-corrected chi connectivity index (χ0v) is 15.7. The lowest BCUT2D eigenvalue weighted by Crippen LogP contribution is -2.38. The summed E-state index contributed by atoms with van der Waals surface area (Å²) in [5.41, 5.74) is 2.48. The summed E-state index contributed by atoms with van der Waals surface area (Å²) >= 11 is 6.06. The van der Waals surface area contributed by atoms with Crippen LogP contribution in [0.3, 0.4) is 0 Å². The second-order valence-corrected chi connectivity index (χ2v) is 7.16. The Morgan fingerprint density at radius 3 is 2.67 bits per heavy atom. The number of ether oxygens (including phenoxy) is 1. The van der Waals surface area contributed by atoms with Crippen LogP contribution in [0.4, 0.5) is 0 Å². The molecule has 1 unspecified atom stereocenters. The smallest absolute Gasteiger partial charge is 0.272 e. The van der Waals surface area contributed by atoms with Crippen LogP contribution < -0.4 is 0 Å². The molecule has 8 heteroatoms. The molecule has 1 aliphatic rings. The molecule has 0 radical (unpaired) electrons. The fourth-order valence-electron chi connectivity index (χ4n) is 3.67. The molecule has 2 aromatic heterocycles. The maximum Gasteiger partial charge on any atom is 0.272 e. The van der Waals surface area contributed by atoms with Crippen molar-refractivity contribution in [2.75, 3.05) is 20.3 Å². The van der Waals surface area contributed by atoms with Gasteiger partial charge in [0.25, 0.3) is 5.91 Å². The van der Waals surface area contributed by atoms with Crippen molar-refractivity contribution in [3.63, 3.8) is 0 Å². The summed E-state index contributed by atoms with van der Waals surface area (Å²) in [4.78, 5) is 19.3. The maximum absolute atomic E-state index is 13.2. The van der Waals surface area contributed by atoms with E-state index in [0.29, 0.717) is 41.0 Å². The second kappa shape index (κ2) is 7.62. The maximum atomic E-state index is 13.2. The van der Waals surface area contributed by atoms with Gasteiger partial charge < -0.3 is 9.64 Å². The van der Waals surface area contributed by atoms with Crippen molar-refractivity contribution in [3.8, 4) is 0 Å². The van der Waals surface area contributed by atoms with Crippen LogP contribution in [0.2, 0.25) is 5.02 Å². The van der Waals surface area contributed by atoms with E-state index >= 15 is 0 Å². The van der Waals surface area contributed by atoms with Gasteiger partial charge in [0.05, 0.1) is 6.04 Å². The predicted molar refractivity (Wildman–Crippen MR) is 102 cm³/mol. The highest BCUT2D eigenvalue weighted by atomic mass is 35.5. The first-order valence-electron chi connectivity index (χ1n) is 8.91. The van der Waals surface area contributed by atoms with Gasteiger partial charge in [-0.05, 0) is 48.6 Å². The Balaban J connectivity index is 1.66. The normalized spacial score (nSPS) is 16.4. The highest BCUT2D eigenvalue weighted by Gasteiger charge is 2.32. The van der Waals surface area contributed by atoms with Gasteiger partial charge in [-0.25, -0.2) is 4.98 Å². The van der Waals surface area contributed by atoms with E-state index in [4.69, 9.17) is 16.3 Å². The third kappa shape index (κ3) is 3.65. The van der Waals surface area contributed by atoms with Gasteiger partial charge in [0.1, 0.15) is 11.2 Å². The van der Waals surface area contributed by atoms with E-state index in [1.165, 1.54) is 0 Å². The number of aromatic amines is 1. The lowest BCUT2D eigenvalue weighted by Gasteiger charge is -2.37. The van der Waals surface area contributed by atoms with Crippen molar-refractivity contribution >= 4 is 28.7 Å². The molecular formula is C19H20ClN5O2. The van der Waals surface area contributed by atoms with Gasteiger partial charge in [0.15, 0.2) is 0 Å². The van der Waals surface area contributed by atoms with Crippen molar-refractivity contribution in [2.24, 2.45) is 5.92 Å². The molecule has 1 amide bonds. The third-order valence-corrected chi connectivity index (χ3v) is 5.31. The monoisotopic (exact) mass is 385 g/mol. The number of nitrogens with one attached hydrogen (secondary N) is 1. The zero-order valence-electron chi connectivity index (χ0n) is 14.9. The van der Waals surface area contributed by atoms with Gasteiger partial charge in [-0.2, -0.15) is 10.3 Å². The van der Waals surface area contributed by atoms with Crippen molar-refractivity contribution in [1.82, 2.24) is 25.3 Å². The SMILES string of the molecule is CN(C(=O)c1ccc2n[nH]nc2n1)C(c1ccc(Cl)cc1)C1CCOCC1. The summed E-state index contributed by atoms with van der Waals surface area (Å²) in [6.45, 7) is 1.42. The van der Waals surface area contributed by atoms with Crippen LogP contribution in [0.25, 0.3) is 11.2 Å². The molecule has 3 heterocycles. The van der Waals surface area contributed by atoms with Crippen LogP contribution >= 0.6 is 11.6 Å². The van der Waals surface area contributed by atoms with Crippen LogP contribution in [0.15, 0.2) is 36.4 Å². The number of carbonyl (C=O) groups excluding carboxylic acids is 1. The molecule has 1 aliphatic heterocycles. The predicted octanol–water partition coefficient (Wildman–Crippen LogP) is 3.25. The number of pyridine rings is 1. The topological polar surface area (TPSA) is 84.0 Å². The third-order valence-electron chi connectivity index (χ3n) is 5.06. The van der Waals surface area contributed by atoms with E-state index in [-0.39, 0.29) is 11.9 Å². The summed E-state index contributed by atoms with van der Waals surface area (Å²) in [6.07, 6.45) is 1.81. The molecule has 3 aromatic rings. The molecule has 4 rings (SSSR count). The quantitative estimate of drug-likeness (QED) is 0.745. The number of amides is 1. The number of hydrogen-bond acceptors (Lipinski definition) is 5. The number of benzene rings is 1. The standard InChI is InChI=1S/C19H20ClN5O2/c1-25(19(26)16-7-6-15-18(21-16)23-24-22-15)17(13-8-10-27-11-9-13)12-2-4-14(20)5-3-12/h2-7,13,17H,8-11H2,1H3,(H,21,22,23,24). The summed E-state index contributed by atoms with van der Waals surface area (Å²) in [7, 11) is 1.83. The van der Waals surface area contributed by atoms with Gasteiger partial charge >= 0.3 is 0 Å². The van der Waals surface area contributed by atoms with Gasteiger partial charge in [0, 0.05) is 25.3 Å². The first kappa shape index (κ1) is 17.9. The number of H-pyrrole nitrogens is 1. The zero-order chi connectivity index (χ0) is 18.8. The molecule has 1 N–H and O–H groups in total. The number of rotatable bonds is 4. The minimum Gasteiger partial charge on any atom is -0.381 e. The van der Waals surface area contributed by atoms with Crippen molar-refractivity contribution < 1.29 is 9.53 Å². The Morgan fingerprint density at radius 2 is 1.93 bits per heavy atom. The molecule has 1 aromatic carbocycles. The summed E-state index contributed by atoms with van der Waals surface area (Å²) in [5, 5.41) is 11.2. The highest BCUT2D eigenvalue weighted by molar-refractivity contribution is 6.30. The van der Waals surface area contributed by atoms with E-state index in [9.17, 15) is 4.79 Å². The fraction of sp³-hybridized carbons (Fsp3) is 0.368. The van der Waals surface area contributed by atoms with Crippen molar-refractivity contribution in [2.45, 2.75) is 18.9 Å². The second-order valence-electron chi connectivity index (χ2n) is 6.73. The highest BCUT2D eigenvalue weighted by Crippen LogP contribution is 2.35. The number of hydrogen-bond donors (Lipinski definition) is 1. The molecule has 1 saturated heterocycles. The van der Waals surface area contributed by atoms with Crippen molar-refractivity contribution in [3.05, 3.63) is 52.7 Å². The fourth-order valence-corrected chi connectivity index (χ4v) is 3.79. The van der Waals surface area contributed by atoms with Crippen LogP contribution in [-0.4, -0.2) is 51.5 Å². The van der Waals surface area contributed by atoms with Gasteiger partial charge in [0.2, 0.25) is 5.65 Å². The Morgan fingerprint density at radius 1 is 1.19 bits per heavy atom. The molecule has 0 aliphatic carbocycles. The number of fused-ring (bicyclic) bond motifs is 1. The summed E-state index contributed by atoms with van der Waals surface area (Å²) in [5.74, 6) is 0.163. The first-order valence-corrected chi connectivity index (χ1v) is 9.29. The summed E-state index contributed by atoms with van der Waals surface area (Å²) < 4.78 is 5.51. The molecule has 0 bridgehead atoms. The Kier molecular flexibility index (Phi) is 5.05. The van der Waals surface area contributed by atoms with Crippen molar-refractivity contribution in [1.29, 1.82) is 0 Å². The van der Waals surface area contributed by atoms with Crippen LogP contribution in [0.1, 0.15) is 34.9 Å². The van der Waals surface area contributed by atoms with Crippen LogP contribution in [0, 0.1) is 5.92 Å². The van der Waals surface area contributed by atoms with E-state index in [1.807, 2.05) is 31.3 Å². The molecule has 0 saturated carbocycles. The Labute approximate surface area is 161 Å². The molecule has 1 atom stereocenters. The molecule has 7 nitrogen and oxygen atoms in total. The average molecular weight is 386 g/mol. The lowest BCUT2D eigenvalue weighted by molar-refractivity contribution is 0.0278. The minimum atomic E-state index is -0.147.